The van der Waals surface area contributed by atoms with Gasteiger partial charge in [-0.15, -0.1) is 0 Å². The second kappa shape index (κ2) is 5.93. The highest BCUT2D eigenvalue weighted by atomic mass is 16.4. The van der Waals surface area contributed by atoms with E-state index in [-0.39, 0.29) is 17.7 Å². The summed E-state index contributed by atoms with van der Waals surface area (Å²) in [6, 6.07) is 3.40. The fraction of sp³-hybridized carbons (Fsp3) is 0.562. The molecule has 21 heavy (non-hydrogen) atoms. The fourth-order valence-corrected chi connectivity index (χ4v) is 2.99. The first-order valence-corrected chi connectivity index (χ1v) is 7.39. The maximum absolute atomic E-state index is 11.3. The molecule has 0 spiro atoms. The number of nitrogens with one attached hydrogen (secondary N) is 1. The molecular formula is C16H24N2O3. The third-order valence-corrected chi connectivity index (χ3v) is 4.56. The zero-order valence-corrected chi connectivity index (χ0v) is 12.6. The van der Waals surface area contributed by atoms with Gasteiger partial charge in [0.25, 0.3) is 0 Å². The largest absolute Gasteiger partial charge is 0.478 e. The minimum absolute atomic E-state index is 0.0472. The van der Waals surface area contributed by atoms with Crippen molar-refractivity contribution in [3.8, 4) is 0 Å². The van der Waals surface area contributed by atoms with Crippen molar-refractivity contribution < 1.29 is 15.0 Å². The van der Waals surface area contributed by atoms with Gasteiger partial charge in [0.15, 0.2) is 0 Å². The van der Waals surface area contributed by atoms with Crippen LogP contribution in [0.15, 0.2) is 12.1 Å². The van der Waals surface area contributed by atoms with Crippen molar-refractivity contribution in [3.63, 3.8) is 0 Å². The lowest BCUT2D eigenvalue weighted by atomic mass is 9.77. The van der Waals surface area contributed by atoms with Gasteiger partial charge in [-0.3, -0.25) is 0 Å². The summed E-state index contributed by atoms with van der Waals surface area (Å²) < 4.78 is 0. The second-order valence-corrected chi connectivity index (χ2v) is 6.31. The fourth-order valence-electron chi connectivity index (χ4n) is 2.99. The van der Waals surface area contributed by atoms with Gasteiger partial charge in [-0.25, -0.2) is 4.79 Å². The first-order valence-electron chi connectivity index (χ1n) is 7.39. The standard InChI is InChI=1S/C16H24N2O3/c1-10-3-5-16(9-19,6-4-10)18-12-7-11(2)14(17)13(8-12)15(20)21/h7-8,10,18-19H,3-6,9,17H2,1-2H3,(H,20,21). The Bertz CT molecular complexity index is 535. The Balaban J connectivity index is 2.28. The van der Waals surface area contributed by atoms with E-state index in [4.69, 9.17) is 5.73 Å². The number of aliphatic hydroxyl groups excluding tert-OH is 1. The van der Waals surface area contributed by atoms with Crippen LogP contribution in [0.4, 0.5) is 11.4 Å². The second-order valence-electron chi connectivity index (χ2n) is 6.31. The summed E-state index contributed by atoms with van der Waals surface area (Å²) in [7, 11) is 0. The van der Waals surface area contributed by atoms with E-state index in [0.717, 1.165) is 31.2 Å². The SMILES string of the molecule is Cc1cc(NC2(CO)CCC(C)CC2)cc(C(=O)O)c1N. The van der Waals surface area contributed by atoms with Crippen LogP contribution in [0.2, 0.25) is 0 Å². The third kappa shape index (κ3) is 3.29. The van der Waals surface area contributed by atoms with Gasteiger partial charge in [0.05, 0.1) is 17.7 Å². The van der Waals surface area contributed by atoms with E-state index >= 15 is 0 Å². The highest BCUT2D eigenvalue weighted by Crippen LogP contribution is 2.35. The lowest BCUT2D eigenvalue weighted by Crippen LogP contribution is -2.45. The van der Waals surface area contributed by atoms with E-state index in [1.54, 1.807) is 13.0 Å². The minimum atomic E-state index is -1.03. The zero-order valence-electron chi connectivity index (χ0n) is 12.6. The first kappa shape index (κ1) is 15.6. The van der Waals surface area contributed by atoms with E-state index in [0.29, 0.717) is 17.3 Å². The van der Waals surface area contributed by atoms with E-state index in [9.17, 15) is 15.0 Å². The molecule has 1 fully saturated rings. The molecule has 0 heterocycles. The molecule has 1 aliphatic carbocycles. The van der Waals surface area contributed by atoms with Crippen LogP contribution in [-0.2, 0) is 0 Å². The van der Waals surface area contributed by atoms with Crippen LogP contribution in [0, 0.1) is 12.8 Å². The lowest BCUT2D eigenvalue weighted by Gasteiger charge is -2.39. The third-order valence-electron chi connectivity index (χ3n) is 4.56. The summed E-state index contributed by atoms with van der Waals surface area (Å²) in [6.07, 6.45) is 3.90. The molecule has 2 rings (SSSR count). The van der Waals surface area contributed by atoms with Crippen molar-refractivity contribution in [2.24, 2.45) is 5.92 Å². The van der Waals surface area contributed by atoms with Crippen LogP contribution in [0.25, 0.3) is 0 Å². The number of aryl methyl sites for hydroxylation is 1. The Morgan fingerprint density at radius 3 is 2.57 bits per heavy atom. The molecule has 116 valence electrons. The number of anilines is 2. The highest BCUT2D eigenvalue weighted by molar-refractivity contribution is 5.95. The smallest absolute Gasteiger partial charge is 0.337 e. The van der Waals surface area contributed by atoms with Gasteiger partial charge in [0.2, 0.25) is 0 Å². The van der Waals surface area contributed by atoms with E-state index in [1.165, 1.54) is 0 Å². The quantitative estimate of drug-likeness (QED) is 0.640. The van der Waals surface area contributed by atoms with Crippen molar-refractivity contribution in [1.29, 1.82) is 0 Å². The number of benzene rings is 1. The molecule has 0 atom stereocenters. The van der Waals surface area contributed by atoms with Crippen LogP contribution >= 0.6 is 0 Å². The van der Waals surface area contributed by atoms with Crippen LogP contribution in [-0.4, -0.2) is 28.3 Å². The van der Waals surface area contributed by atoms with Gasteiger partial charge in [-0.05, 0) is 56.2 Å². The number of carbonyl (C=O) groups is 1. The molecular weight excluding hydrogens is 268 g/mol. The molecule has 0 radical (unpaired) electrons. The van der Waals surface area contributed by atoms with E-state index in [1.807, 2.05) is 6.07 Å². The average Bonchev–Trinajstić information content (AvgIpc) is 2.45. The molecule has 0 unspecified atom stereocenters. The number of carboxylic acids is 1. The van der Waals surface area contributed by atoms with E-state index in [2.05, 4.69) is 12.2 Å². The van der Waals surface area contributed by atoms with Crippen molar-refractivity contribution in [1.82, 2.24) is 0 Å². The summed E-state index contributed by atoms with van der Waals surface area (Å²) in [5.41, 5.74) is 7.30. The molecule has 0 bridgehead atoms. The summed E-state index contributed by atoms with van der Waals surface area (Å²) in [5.74, 6) is -0.358. The van der Waals surface area contributed by atoms with Gasteiger partial charge < -0.3 is 21.3 Å². The number of aromatic carboxylic acids is 1. The maximum Gasteiger partial charge on any atom is 0.337 e. The molecule has 0 amide bonds. The number of carboxylic acid groups (broad SMARTS) is 1. The molecule has 1 aromatic rings. The van der Waals surface area contributed by atoms with Crippen molar-refractivity contribution in [2.75, 3.05) is 17.7 Å². The molecule has 5 N–H and O–H groups in total. The molecule has 0 aliphatic heterocycles. The van der Waals surface area contributed by atoms with Gasteiger partial charge in [0.1, 0.15) is 0 Å². The maximum atomic E-state index is 11.3. The van der Waals surface area contributed by atoms with E-state index < -0.39 is 5.97 Å². The number of nitrogen functional groups attached to an aromatic ring is 1. The monoisotopic (exact) mass is 292 g/mol. The Kier molecular flexibility index (Phi) is 4.42. The molecule has 5 nitrogen and oxygen atoms in total. The lowest BCUT2D eigenvalue weighted by molar-refractivity contribution is 0.0698. The van der Waals surface area contributed by atoms with Gasteiger partial charge >= 0.3 is 5.97 Å². The Hall–Kier alpha value is -1.75. The Morgan fingerprint density at radius 1 is 1.43 bits per heavy atom. The summed E-state index contributed by atoms with van der Waals surface area (Å²) in [5, 5.41) is 22.4. The molecule has 1 aliphatic rings. The van der Waals surface area contributed by atoms with Crippen molar-refractivity contribution in [2.45, 2.75) is 45.1 Å². The number of hydrogen-bond acceptors (Lipinski definition) is 4. The average molecular weight is 292 g/mol. The zero-order chi connectivity index (χ0) is 15.6. The molecule has 1 aromatic carbocycles. The normalized spacial score (nSPS) is 25.6. The molecule has 0 saturated heterocycles. The molecule has 1 saturated carbocycles. The Morgan fingerprint density at radius 2 is 2.05 bits per heavy atom. The predicted molar refractivity (Wildman–Crippen MR) is 83.6 cm³/mol. The predicted octanol–water partition coefficient (Wildman–Crippen LogP) is 2.63. The van der Waals surface area contributed by atoms with Crippen molar-refractivity contribution in [3.05, 3.63) is 23.3 Å². The number of rotatable bonds is 4. The van der Waals surface area contributed by atoms with Crippen LogP contribution in [0.1, 0.15) is 48.5 Å². The summed E-state index contributed by atoms with van der Waals surface area (Å²) in [6.45, 7) is 4.06. The Labute approximate surface area is 125 Å². The van der Waals surface area contributed by atoms with Crippen LogP contribution in [0.3, 0.4) is 0 Å². The van der Waals surface area contributed by atoms with Gasteiger partial charge in [-0.1, -0.05) is 6.92 Å². The van der Waals surface area contributed by atoms with Crippen LogP contribution < -0.4 is 11.1 Å². The number of nitrogens with two attached hydrogens (primary N) is 1. The van der Waals surface area contributed by atoms with Crippen molar-refractivity contribution >= 4 is 17.3 Å². The molecule has 5 heteroatoms. The summed E-state index contributed by atoms with van der Waals surface area (Å²) >= 11 is 0. The number of hydrogen-bond donors (Lipinski definition) is 4. The van der Waals surface area contributed by atoms with Gasteiger partial charge in [-0.2, -0.15) is 0 Å². The number of aliphatic hydroxyl groups is 1. The highest BCUT2D eigenvalue weighted by Gasteiger charge is 2.33. The first-order chi connectivity index (χ1) is 9.87. The van der Waals surface area contributed by atoms with Gasteiger partial charge in [0, 0.05) is 11.4 Å². The van der Waals surface area contributed by atoms with Crippen LogP contribution in [0.5, 0.6) is 0 Å². The molecule has 0 aromatic heterocycles. The summed E-state index contributed by atoms with van der Waals surface area (Å²) in [4.78, 5) is 11.3. The topological polar surface area (TPSA) is 95.6 Å². The minimum Gasteiger partial charge on any atom is -0.478 e.